The Hall–Kier alpha value is -0.830. The Balaban J connectivity index is 3.14. The van der Waals surface area contributed by atoms with Crippen LogP contribution in [0.15, 0.2) is 12.2 Å². The van der Waals surface area contributed by atoms with E-state index in [-0.39, 0.29) is 0 Å². The number of unbranched alkanes of at least 4 members (excludes halogenated alkanes) is 14. The van der Waals surface area contributed by atoms with Crippen LogP contribution in [0.5, 0.6) is 0 Å². The van der Waals surface area contributed by atoms with E-state index in [1.54, 1.807) is 0 Å². The van der Waals surface area contributed by atoms with Gasteiger partial charge in [0.15, 0.2) is 0 Å². The van der Waals surface area contributed by atoms with Gasteiger partial charge in [0.25, 0.3) is 0 Å². The molecule has 1 unspecified atom stereocenters. The van der Waals surface area contributed by atoms with E-state index in [2.05, 4.69) is 6.92 Å². The normalized spacial score (nSPS) is 12.8. The van der Waals surface area contributed by atoms with Gasteiger partial charge in [0.1, 0.15) is 0 Å². The molecule has 0 aromatic carbocycles. The molecule has 0 heterocycles. The van der Waals surface area contributed by atoms with E-state index >= 15 is 0 Å². The maximum atomic E-state index is 10.3. The van der Waals surface area contributed by atoms with Crippen LogP contribution in [0.4, 0.5) is 0 Å². The molecule has 2 N–H and O–H groups in total. The summed E-state index contributed by atoms with van der Waals surface area (Å²) < 4.78 is 0. The van der Waals surface area contributed by atoms with Crippen LogP contribution in [0.2, 0.25) is 0 Å². The largest absolute Gasteiger partial charge is 0.478 e. The quantitative estimate of drug-likeness (QED) is 0.229. The van der Waals surface area contributed by atoms with Gasteiger partial charge in [-0.15, -0.1) is 0 Å². The van der Waals surface area contributed by atoms with Gasteiger partial charge >= 0.3 is 5.97 Å². The lowest BCUT2D eigenvalue weighted by Crippen LogP contribution is -2.03. The van der Waals surface area contributed by atoms with Crippen molar-refractivity contribution < 1.29 is 15.0 Å². The second-order valence-corrected chi connectivity index (χ2v) is 7.00. The van der Waals surface area contributed by atoms with Crippen molar-refractivity contribution in [3.8, 4) is 0 Å². The standard InChI is InChI=1S/C21H40O3/c1-2-3-4-5-6-7-8-9-10-11-12-13-14-15-16-17-20(22)18-19-21(23)24/h18-20,22H,2-17H2,1H3,(H,23,24)/b19-18+. The first-order valence-electron chi connectivity index (χ1n) is 10.3. The summed E-state index contributed by atoms with van der Waals surface area (Å²) in [5.74, 6) is -0.995. The van der Waals surface area contributed by atoms with Crippen molar-refractivity contribution in [3.05, 3.63) is 12.2 Å². The number of hydrogen-bond donors (Lipinski definition) is 2. The second kappa shape index (κ2) is 18.5. The number of aliphatic carboxylic acids is 1. The summed E-state index contributed by atoms with van der Waals surface area (Å²) in [6.45, 7) is 2.27. The van der Waals surface area contributed by atoms with Crippen molar-refractivity contribution in [2.24, 2.45) is 0 Å². The molecule has 0 fully saturated rings. The predicted octanol–water partition coefficient (Wildman–Crippen LogP) is 6.25. The highest BCUT2D eigenvalue weighted by atomic mass is 16.4. The van der Waals surface area contributed by atoms with Crippen LogP contribution in [-0.4, -0.2) is 22.3 Å². The van der Waals surface area contributed by atoms with Gasteiger partial charge < -0.3 is 10.2 Å². The third-order valence-electron chi connectivity index (χ3n) is 4.56. The van der Waals surface area contributed by atoms with E-state index in [1.807, 2.05) is 0 Å². The van der Waals surface area contributed by atoms with Crippen LogP contribution >= 0.6 is 0 Å². The van der Waals surface area contributed by atoms with Gasteiger partial charge in [-0.1, -0.05) is 103 Å². The van der Waals surface area contributed by atoms with Crippen LogP contribution in [-0.2, 0) is 4.79 Å². The van der Waals surface area contributed by atoms with Crippen molar-refractivity contribution in [2.75, 3.05) is 0 Å². The lowest BCUT2D eigenvalue weighted by molar-refractivity contribution is -0.131. The average Bonchev–Trinajstić information content (AvgIpc) is 2.56. The van der Waals surface area contributed by atoms with Gasteiger partial charge in [0.05, 0.1) is 6.10 Å². The molecule has 3 nitrogen and oxygen atoms in total. The van der Waals surface area contributed by atoms with Crippen LogP contribution < -0.4 is 0 Å². The maximum Gasteiger partial charge on any atom is 0.328 e. The summed E-state index contributed by atoms with van der Waals surface area (Å²) in [6.07, 6.45) is 22.4. The Morgan fingerprint density at radius 3 is 1.50 bits per heavy atom. The van der Waals surface area contributed by atoms with Gasteiger partial charge in [0.2, 0.25) is 0 Å². The minimum absolute atomic E-state index is 0.608. The smallest absolute Gasteiger partial charge is 0.328 e. The first kappa shape index (κ1) is 23.2. The molecule has 0 bridgehead atoms. The fourth-order valence-electron chi connectivity index (χ4n) is 3.01. The number of carboxylic acid groups (broad SMARTS) is 1. The molecule has 0 aliphatic heterocycles. The maximum absolute atomic E-state index is 10.3. The minimum Gasteiger partial charge on any atom is -0.478 e. The van der Waals surface area contributed by atoms with E-state index in [0.717, 1.165) is 18.9 Å². The summed E-state index contributed by atoms with van der Waals surface area (Å²) >= 11 is 0. The van der Waals surface area contributed by atoms with Crippen LogP contribution in [0, 0.1) is 0 Å². The van der Waals surface area contributed by atoms with E-state index < -0.39 is 12.1 Å². The second-order valence-electron chi connectivity index (χ2n) is 7.00. The van der Waals surface area contributed by atoms with Gasteiger partial charge in [0, 0.05) is 6.08 Å². The van der Waals surface area contributed by atoms with Crippen molar-refractivity contribution in [1.29, 1.82) is 0 Å². The molecule has 0 amide bonds. The Labute approximate surface area is 149 Å². The van der Waals surface area contributed by atoms with Gasteiger partial charge in [-0.3, -0.25) is 0 Å². The number of carbonyl (C=O) groups is 1. The SMILES string of the molecule is CCCCCCCCCCCCCCCCCC(O)/C=C/C(=O)O. The van der Waals surface area contributed by atoms with E-state index in [9.17, 15) is 9.90 Å². The molecule has 0 saturated heterocycles. The highest BCUT2D eigenvalue weighted by Crippen LogP contribution is 2.14. The molecule has 24 heavy (non-hydrogen) atoms. The zero-order chi connectivity index (χ0) is 17.9. The molecule has 0 aliphatic carbocycles. The highest BCUT2D eigenvalue weighted by molar-refractivity contribution is 5.79. The number of rotatable bonds is 18. The van der Waals surface area contributed by atoms with Crippen LogP contribution in [0.3, 0.4) is 0 Å². The summed E-state index contributed by atoms with van der Waals surface area (Å²) in [5, 5.41) is 18.0. The fourth-order valence-corrected chi connectivity index (χ4v) is 3.01. The summed E-state index contributed by atoms with van der Waals surface area (Å²) in [6, 6.07) is 0. The topological polar surface area (TPSA) is 57.5 Å². The first-order valence-corrected chi connectivity index (χ1v) is 10.3. The lowest BCUT2D eigenvalue weighted by Gasteiger charge is -2.05. The van der Waals surface area contributed by atoms with Crippen LogP contribution in [0.25, 0.3) is 0 Å². The Morgan fingerprint density at radius 2 is 1.12 bits per heavy atom. The van der Waals surface area contributed by atoms with Gasteiger partial charge in [-0.2, -0.15) is 0 Å². The average molecular weight is 341 g/mol. The third-order valence-corrected chi connectivity index (χ3v) is 4.56. The molecule has 0 aliphatic rings. The molecule has 0 aromatic rings. The van der Waals surface area contributed by atoms with Crippen molar-refractivity contribution >= 4 is 5.97 Å². The molecule has 0 aromatic heterocycles. The third kappa shape index (κ3) is 19.2. The molecule has 0 rings (SSSR count). The minimum atomic E-state index is -0.995. The predicted molar refractivity (Wildman–Crippen MR) is 102 cm³/mol. The Bertz CT molecular complexity index is 299. The van der Waals surface area contributed by atoms with Crippen LogP contribution in [0.1, 0.15) is 110 Å². The van der Waals surface area contributed by atoms with E-state index in [4.69, 9.17) is 5.11 Å². The number of hydrogen-bond acceptors (Lipinski definition) is 2. The molecule has 0 saturated carbocycles. The summed E-state index contributed by atoms with van der Waals surface area (Å²) in [7, 11) is 0. The molecular formula is C21H40O3. The first-order chi connectivity index (χ1) is 11.7. The van der Waals surface area contributed by atoms with Gasteiger partial charge in [-0.25, -0.2) is 4.79 Å². The Morgan fingerprint density at radius 1 is 0.750 bits per heavy atom. The van der Waals surface area contributed by atoms with Crippen molar-refractivity contribution in [2.45, 2.75) is 116 Å². The highest BCUT2D eigenvalue weighted by Gasteiger charge is 2.00. The summed E-state index contributed by atoms with van der Waals surface area (Å²) in [4.78, 5) is 10.3. The molecular weight excluding hydrogens is 300 g/mol. The zero-order valence-corrected chi connectivity index (χ0v) is 15.8. The Kier molecular flexibility index (Phi) is 17.9. The lowest BCUT2D eigenvalue weighted by atomic mass is 10.0. The summed E-state index contributed by atoms with van der Waals surface area (Å²) in [5.41, 5.74) is 0. The van der Waals surface area contributed by atoms with Gasteiger partial charge in [-0.05, 0) is 12.5 Å². The van der Waals surface area contributed by atoms with Crippen molar-refractivity contribution in [1.82, 2.24) is 0 Å². The zero-order valence-electron chi connectivity index (χ0n) is 15.8. The van der Waals surface area contributed by atoms with E-state index in [1.165, 1.54) is 89.5 Å². The van der Waals surface area contributed by atoms with Crippen molar-refractivity contribution in [3.63, 3.8) is 0 Å². The fraction of sp³-hybridized carbons (Fsp3) is 0.857. The number of aliphatic hydroxyl groups is 1. The van der Waals surface area contributed by atoms with E-state index in [0.29, 0.717) is 6.42 Å². The number of carboxylic acids is 1. The monoisotopic (exact) mass is 340 g/mol. The molecule has 1 atom stereocenters. The molecule has 0 radical (unpaired) electrons. The molecule has 3 heteroatoms. The number of aliphatic hydroxyl groups excluding tert-OH is 1. The molecule has 0 spiro atoms. The molecule has 142 valence electrons.